The smallest absolute Gasteiger partial charge is 0.387 e. The molecule has 9 nitrogen and oxygen atoms in total. The number of hydrogen-bond donors (Lipinski definition) is 2. The van der Waals surface area contributed by atoms with Crippen LogP contribution in [0.25, 0.3) is 0 Å². The number of amides is 3. The average molecular weight is 512 g/mol. The van der Waals surface area contributed by atoms with Gasteiger partial charge in [-0.2, -0.15) is 8.78 Å². The first kappa shape index (κ1) is 25.8. The van der Waals surface area contributed by atoms with Gasteiger partial charge in [0, 0.05) is 31.6 Å². The highest BCUT2D eigenvalue weighted by atomic mass is 19.3. The molecular weight excluding hydrogens is 484 g/mol. The van der Waals surface area contributed by atoms with Crippen molar-refractivity contribution in [2.75, 3.05) is 26.7 Å². The molecule has 3 amide bonds. The third-order valence-corrected chi connectivity index (χ3v) is 6.21. The normalized spacial score (nSPS) is 15.0. The van der Waals surface area contributed by atoms with E-state index in [1.54, 1.807) is 11.0 Å². The number of H-pyrrole nitrogens is 1. The largest absolute Gasteiger partial charge is 0.434 e. The molecule has 2 aromatic carbocycles. The molecule has 37 heavy (non-hydrogen) atoms. The fourth-order valence-electron chi connectivity index (χ4n) is 4.30. The van der Waals surface area contributed by atoms with Gasteiger partial charge in [-0.15, -0.1) is 0 Å². The van der Waals surface area contributed by atoms with Crippen LogP contribution in [0.4, 0.5) is 8.78 Å². The predicted molar refractivity (Wildman–Crippen MR) is 130 cm³/mol. The molecule has 1 atom stereocenters. The fraction of sp³-hybridized carbons (Fsp3) is 0.308. The number of nitrogens with zero attached hydrogens (tertiary/aromatic N) is 3. The van der Waals surface area contributed by atoms with Gasteiger partial charge < -0.3 is 24.8 Å². The van der Waals surface area contributed by atoms with Gasteiger partial charge in [0.25, 0.3) is 11.8 Å². The highest BCUT2D eigenvalue weighted by Crippen LogP contribution is 2.28. The molecule has 2 N–H and O–H groups in total. The Morgan fingerprint density at radius 3 is 2.62 bits per heavy atom. The number of ether oxygens (including phenoxy) is 1. The summed E-state index contributed by atoms with van der Waals surface area (Å²) in [5.74, 6) is -1.27. The molecule has 1 unspecified atom stereocenters. The second kappa shape index (κ2) is 11.6. The zero-order chi connectivity index (χ0) is 26.4. The van der Waals surface area contributed by atoms with Crippen LogP contribution in [-0.2, 0) is 11.3 Å². The van der Waals surface area contributed by atoms with Crippen LogP contribution >= 0.6 is 0 Å². The molecular formula is C26H27F2N5O4. The topological polar surface area (TPSA) is 108 Å². The molecule has 0 radical (unpaired) electrons. The van der Waals surface area contributed by atoms with Gasteiger partial charge in [0.05, 0.1) is 12.7 Å². The Morgan fingerprint density at radius 2 is 1.89 bits per heavy atom. The molecule has 0 aliphatic carbocycles. The summed E-state index contributed by atoms with van der Waals surface area (Å²) in [5, 5.41) is 2.44. The number of aromatic amines is 1. The lowest BCUT2D eigenvalue weighted by Crippen LogP contribution is -2.39. The Balaban J connectivity index is 1.49. The van der Waals surface area contributed by atoms with Crippen molar-refractivity contribution in [3.8, 4) is 5.75 Å². The van der Waals surface area contributed by atoms with E-state index in [2.05, 4.69) is 20.0 Å². The molecule has 0 bridgehead atoms. The zero-order valence-electron chi connectivity index (χ0n) is 20.2. The summed E-state index contributed by atoms with van der Waals surface area (Å²) < 4.78 is 30.2. The van der Waals surface area contributed by atoms with E-state index in [0.29, 0.717) is 18.7 Å². The Morgan fingerprint density at radius 1 is 1.16 bits per heavy atom. The number of alkyl halides is 2. The molecule has 1 fully saturated rings. The summed E-state index contributed by atoms with van der Waals surface area (Å²) in [4.78, 5) is 48.2. The number of para-hydroxylation sites is 1. The number of aromatic nitrogens is 2. The molecule has 1 aliphatic heterocycles. The van der Waals surface area contributed by atoms with Crippen LogP contribution in [0.1, 0.15) is 44.6 Å². The molecule has 1 saturated heterocycles. The summed E-state index contributed by atoms with van der Waals surface area (Å²) in [6.07, 6.45) is 2.06. The van der Waals surface area contributed by atoms with Gasteiger partial charge in [-0.05, 0) is 18.1 Å². The van der Waals surface area contributed by atoms with E-state index in [9.17, 15) is 23.2 Å². The van der Waals surface area contributed by atoms with Gasteiger partial charge in [-0.1, -0.05) is 48.5 Å². The summed E-state index contributed by atoms with van der Waals surface area (Å²) in [7, 11) is 1.42. The molecule has 194 valence electrons. The van der Waals surface area contributed by atoms with Crippen molar-refractivity contribution in [3.63, 3.8) is 0 Å². The Bertz CT molecular complexity index is 1250. The highest BCUT2D eigenvalue weighted by Gasteiger charge is 2.30. The van der Waals surface area contributed by atoms with Crippen LogP contribution in [0.15, 0.2) is 60.8 Å². The first-order valence-electron chi connectivity index (χ1n) is 11.8. The number of rotatable bonds is 9. The number of nitrogens with one attached hydrogen (secondary N) is 2. The minimum absolute atomic E-state index is 0.00156. The van der Waals surface area contributed by atoms with Crippen molar-refractivity contribution in [2.24, 2.45) is 0 Å². The first-order chi connectivity index (χ1) is 17.9. The lowest BCUT2D eigenvalue weighted by molar-refractivity contribution is -0.121. The summed E-state index contributed by atoms with van der Waals surface area (Å²) >= 11 is 0. The zero-order valence-corrected chi connectivity index (χ0v) is 20.2. The van der Waals surface area contributed by atoms with E-state index < -0.39 is 18.4 Å². The van der Waals surface area contributed by atoms with Crippen LogP contribution in [-0.4, -0.2) is 70.8 Å². The lowest BCUT2D eigenvalue weighted by atomic mass is 9.99. The number of imidazole rings is 1. The maximum absolute atomic E-state index is 13.3. The van der Waals surface area contributed by atoms with E-state index in [-0.39, 0.29) is 42.2 Å². The van der Waals surface area contributed by atoms with Crippen LogP contribution in [0.2, 0.25) is 0 Å². The maximum atomic E-state index is 13.3. The molecule has 1 aliphatic rings. The fourth-order valence-corrected chi connectivity index (χ4v) is 4.30. The number of benzene rings is 2. The van der Waals surface area contributed by atoms with Crippen LogP contribution in [0.5, 0.6) is 5.75 Å². The molecule has 2 heterocycles. The SMILES string of the molecule is CNC(=O)CN(Cc1ccccc1OC(F)F)C(=O)c1cnc(C(=O)N2CCC(c3ccccc3)C2)[nH]1. The first-order valence-corrected chi connectivity index (χ1v) is 11.8. The Kier molecular flexibility index (Phi) is 8.11. The summed E-state index contributed by atoms with van der Waals surface area (Å²) in [6.45, 7) is -2.46. The number of carbonyl (C=O) groups is 3. The van der Waals surface area contributed by atoms with Gasteiger partial charge in [-0.3, -0.25) is 14.4 Å². The Labute approximate surface area is 212 Å². The van der Waals surface area contributed by atoms with Crippen LogP contribution in [0, 0.1) is 0 Å². The molecule has 3 aromatic rings. The van der Waals surface area contributed by atoms with E-state index in [1.807, 2.05) is 30.3 Å². The van der Waals surface area contributed by atoms with Crippen molar-refractivity contribution in [1.29, 1.82) is 0 Å². The highest BCUT2D eigenvalue weighted by molar-refractivity contribution is 5.97. The molecule has 0 saturated carbocycles. The molecule has 4 rings (SSSR count). The van der Waals surface area contributed by atoms with Gasteiger partial charge in [0.1, 0.15) is 18.0 Å². The summed E-state index contributed by atoms with van der Waals surface area (Å²) in [5.41, 5.74) is 1.45. The van der Waals surface area contributed by atoms with Gasteiger partial charge in [0.15, 0.2) is 5.82 Å². The minimum Gasteiger partial charge on any atom is -0.434 e. The lowest BCUT2D eigenvalue weighted by Gasteiger charge is -2.22. The van der Waals surface area contributed by atoms with Gasteiger partial charge in [0.2, 0.25) is 5.91 Å². The van der Waals surface area contributed by atoms with Crippen LogP contribution in [0.3, 0.4) is 0 Å². The molecule has 0 spiro atoms. The van der Waals surface area contributed by atoms with Gasteiger partial charge >= 0.3 is 6.61 Å². The van der Waals surface area contributed by atoms with Crippen LogP contribution < -0.4 is 10.1 Å². The van der Waals surface area contributed by atoms with E-state index >= 15 is 0 Å². The quantitative estimate of drug-likeness (QED) is 0.459. The van der Waals surface area contributed by atoms with Crippen molar-refractivity contribution >= 4 is 17.7 Å². The Hall–Kier alpha value is -4.28. The molecule has 11 heteroatoms. The average Bonchev–Trinajstić information content (AvgIpc) is 3.59. The van der Waals surface area contributed by atoms with Crippen molar-refractivity contribution < 1.29 is 27.9 Å². The second-order valence-electron chi connectivity index (χ2n) is 8.61. The van der Waals surface area contributed by atoms with Crippen molar-refractivity contribution in [1.82, 2.24) is 25.1 Å². The molecule has 1 aromatic heterocycles. The van der Waals surface area contributed by atoms with Crippen molar-refractivity contribution in [3.05, 3.63) is 83.4 Å². The number of likely N-dealkylation sites (tertiary alicyclic amines) is 1. The van der Waals surface area contributed by atoms with Gasteiger partial charge in [-0.25, -0.2) is 4.98 Å². The van der Waals surface area contributed by atoms with Crippen molar-refractivity contribution in [2.45, 2.75) is 25.5 Å². The maximum Gasteiger partial charge on any atom is 0.387 e. The second-order valence-corrected chi connectivity index (χ2v) is 8.61. The predicted octanol–water partition coefficient (Wildman–Crippen LogP) is 3.03. The number of likely N-dealkylation sites (N-methyl/N-ethyl adjacent to an activating group) is 1. The van der Waals surface area contributed by atoms with E-state index in [0.717, 1.165) is 16.9 Å². The summed E-state index contributed by atoms with van der Waals surface area (Å²) in [6, 6.07) is 16.0. The van der Waals surface area contributed by atoms with E-state index in [1.165, 1.54) is 31.4 Å². The minimum atomic E-state index is -3.04. The number of carbonyl (C=O) groups excluding carboxylic acids is 3. The van der Waals surface area contributed by atoms with E-state index in [4.69, 9.17) is 0 Å². The third-order valence-electron chi connectivity index (χ3n) is 6.21. The standard InChI is InChI=1S/C26H27F2N5O4/c1-29-22(34)16-33(15-19-9-5-6-10-21(19)37-26(27)28)24(35)20-13-30-23(31-20)25(36)32-12-11-18(14-32)17-7-3-2-4-8-17/h2-10,13,18,26H,11-12,14-16H2,1H3,(H,29,34)(H,30,31). The third kappa shape index (κ3) is 6.29. The monoisotopic (exact) mass is 511 g/mol. The number of halogens is 2. The number of hydrogen-bond acceptors (Lipinski definition) is 5.